The molecule has 1 aromatic heterocycles. The van der Waals surface area contributed by atoms with Crippen molar-refractivity contribution in [3.8, 4) is 0 Å². The van der Waals surface area contributed by atoms with Gasteiger partial charge in [0.2, 0.25) is 5.91 Å². The van der Waals surface area contributed by atoms with Gasteiger partial charge in [-0.15, -0.1) is 0 Å². The van der Waals surface area contributed by atoms with Crippen LogP contribution in [0.25, 0.3) is 10.9 Å². The van der Waals surface area contributed by atoms with Crippen LogP contribution in [-0.4, -0.2) is 54.3 Å². The Balaban J connectivity index is 1.70. The van der Waals surface area contributed by atoms with E-state index in [0.29, 0.717) is 29.6 Å². The number of carbonyl (C=O) groups excluding carboxylic acids is 1. The second-order valence-electron chi connectivity index (χ2n) is 7.18. The molecule has 1 saturated heterocycles. The fraction of sp³-hybridized carbons (Fsp3) is 0.286. The van der Waals surface area contributed by atoms with Gasteiger partial charge in [-0.05, 0) is 39.7 Å². The molecule has 0 bridgehead atoms. The largest absolute Gasteiger partial charge is 0.340 e. The van der Waals surface area contributed by atoms with Crippen molar-refractivity contribution >= 4 is 42.8 Å². The Morgan fingerprint density at radius 2 is 1.66 bits per heavy atom. The topological polar surface area (TPSA) is 62.6 Å². The predicted octanol–water partition coefficient (Wildman–Crippen LogP) is 3.30. The van der Waals surface area contributed by atoms with Crippen molar-refractivity contribution < 1.29 is 13.2 Å². The van der Waals surface area contributed by atoms with Gasteiger partial charge in [-0.25, -0.2) is 12.4 Å². The minimum absolute atomic E-state index is 0.0979. The lowest BCUT2D eigenvalue weighted by Gasteiger charge is -2.34. The van der Waals surface area contributed by atoms with Crippen molar-refractivity contribution in [2.24, 2.45) is 0 Å². The molecule has 1 amide bonds. The second-order valence-corrected chi connectivity index (χ2v) is 9.82. The van der Waals surface area contributed by atoms with Gasteiger partial charge in [0.1, 0.15) is 4.90 Å². The summed E-state index contributed by atoms with van der Waals surface area (Å²) >= 11 is 3.36. The summed E-state index contributed by atoms with van der Waals surface area (Å²) in [6.45, 7) is 5.18. The minimum atomic E-state index is -3.74. The van der Waals surface area contributed by atoms with Gasteiger partial charge in [0.25, 0.3) is 10.0 Å². The maximum absolute atomic E-state index is 13.4. The number of nitrogens with zero attached hydrogens (tertiary/aromatic N) is 3. The van der Waals surface area contributed by atoms with Crippen LogP contribution in [0.15, 0.2) is 64.1 Å². The molecule has 29 heavy (non-hydrogen) atoms. The lowest BCUT2D eigenvalue weighted by Crippen LogP contribution is -2.47. The van der Waals surface area contributed by atoms with E-state index in [1.165, 1.54) is 3.97 Å². The van der Waals surface area contributed by atoms with Gasteiger partial charge in [0.15, 0.2) is 0 Å². The van der Waals surface area contributed by atoms with Crippen LogP contribution in [-0.2, 0) is 21.4 Å². The van der Waals surface area contributed by atoms with Crippen molar-refractivity contribution in [1.29, 1.82) is 0 Å². The van der Waals surface area contributed by atoms with Crippen molar-refractivity contribution in [3.05, 3.63) is 64.8 Å². The molecular weight excluding hydrogens is 454 g/mol. The van der Waals surface area contributed by atoms with Crippen LogP contribution in [0.5, 0.6) is 0 Å². The number of aromatic nitrogens is 1. The Hall–Kier alpha value is -2.16. The summed E-state index contributed by atoms with van der Waals surface area (Å²) in [5, 5.41) is 0.928. The molecule has 2 aromatic carbocycles. The van der Waals surface area contributed by atoms with E-state index >= 15 is 0 Å². The Bertz CT molecular complexity index is 1160. The number of fused-ring (bicyclic) bond motifs is 1. The first kappa shape index (κ1) is 20.1. The predicted molar refractivity (Wildman–Crippen MR) is 116 cm³/mol. The molecule has 0 atom stereocenters. The second kappa shape index (κ2) is 7.93. The Morgan fingerprint density at radius 3 is 2.34 bits per heavy atom. The van der Waals surface area contributed by atoms with Crippen molar-refractivity contribution in [3.63, 3.8) is 0 Å². The van der Waals surface area contributed by atoms with Gasteiger partial charge in [0, 0.05) is 55.7 Å². The van der Waals surface area contributed by atoms with E-state index in [1.54, 1.807) is 37.4 Å². The van der Waals surface area contributed by atoms with Gasteiger partial charge >= 0.3 is 0 Å². The van der Waals surface area contributed by atoms with Gasteiger partial charge in [-0.1, -0.05) is 30.3 Å². The maximum atomic E-state index is 13.4. The molecule has 0 saturated carbocycles. The van der Waals surface area contributed by atoms with Gasteiger partial charge in [0.05, 0.1) is 5.52 Å². The van der Waals surface area contributed by atoms with Crippen LogP contribution in [0.4, 0.5) is 0 Å². The van der Waals surface area contributed by atoms with E-state index in [1.807, 2.05) is 29.2 Å². The smallest absolute Gasteiger partial charge is 0.269 e. The van der Waals surface area contributed by atoms with Gasteiger partial charge in [-0.2, -0.15) is 0 Å². The van der Waals surface area contributed by atoms with Crippen molar-refractivity contribution in [2.45, 2.75) is 18.4 Å². The fourth-order valence-electron chi connectivity index (χ4n) is 3.76. The molecule has 0 radical (unpaired) electrons. The zero-order valence-corrected chi connectivity index (χ0v) is 18.5. The molecule has 0 spiro atoms. The normalized spacial score (nSPS) is 15.7. The molecule has 152 valence electrons. The molecule has 4 rings (SSSR count). The number of piperazine rings is 1. The van der Waals surface area contributed by atoms with E-state index in [9.17, 15) is 13.2 Å². The van der Waals surface area contributed by atoms with Crippen LogP contribution >= 0.6 is 15.9 Å². The first-order valence-corrected chi connectivity index (χ1v) is 11.7. The highest BCUT2D eigenvalue weighted by molar-refractivity contribution is 9.10. The molecule has 8 heteroatoms. The SMILES string of the molecule is CC(=O)N1CCN(Cc2cn(S(=O)(=O)c3ccccc3Br)c3ccccc23)CC1. The zero-order chi connectivity index (χ0) is 20.6. The third kappa shape index (κ3) is 3.84. The van der Waals surface area contributed by atoms with Crippen LogP contribution in [0.2, 0.25) is 0 Å². The number of benzene rings is 2. The van der Waals surface area contributed by atoms with Crippen LogP contribution < -0.4 is 0 Å². The van der Waals surface area contributed by atoms with Crippen molar-refractivity contribution in [2.75, 3.05) is 26.2 Å². The molecule has 6 nitrogen and oxygen atoms in total. The zero-order valence-electron chi connectivity index (χ0n) is 16.1. The number of para-hydroxylation sites is 1. The van der Waals surface area contributed by atoms with Gasteiger partial charge in [-0.3, -0.25) is 9.69 Å². The molecule has 0 aliphatic carbocycles. The van der Waals surface area contributed by atoms with Crippen molar-refractivity contribution in [1.82, 2.24) is 13.8 Å². The number of carbonyl (C=O) groups is 1. The Morgan fingerprint density at radius 1 is 1.00 bits per heavy atom. The molecule has 3 aromatic rings. The van der Waals surface area contributed by atoms with Gasteiger partial charge < -0.3 is 4.90 Å². The number of halogens is 1. The van der Waals surface area contributed by atoms with E-state index < -0.39 is 10.0 Å². The fourth-order valence-corrected chi connectivity index (χ4v) is 6.12. The third-order valence-corrected chi connectivity index (χ3v) is 8.03. The molecule has 1 aliphatic heterocycles. The highest BCUT2D eigenvalue weighted by Crippen LogP contribution is 2.30. The number of hydrogen-bond donors (Lipinski definition) is 0. The number of amides is 1. The Labute approximate surface area is 178 Å². The average molecular weight is 476 g/mol. The third-order valence-electron chi connectivity index (χ3n) is 5.35. The summed E-state index contributed by atoms with van der Waals surface area (Å²) in [5.74, 6) is 0.0979. The van der Waals surface area contributed by atoms with E-state index in [-0.39, 0.29) is 10.8 Å². The quantitative estimate of drug-likeness (QED) is 0.580. The average Bonchev–Trinajstić information content (AvgIpc) is 3.08. The first-order valence-electron chi connectivity index (χ1n) is 9.45. The highest BCUT2D eigenvalue weighted by Gasteiger charge is 2.25. The number of rotatable bonds is 4. The summed E-state index contributed by atoms with van der Waals surface area (Å²) < 4.78 is 28.7. The summed E-state index contributed by atoms with van der Waals surface area (Å²) in [6.07, 6.45) is 1.73. The summed E-state index contributed by atoms with van der Waals surface area (Å²) in [6, 6.07) is 14.4. The maximum Gasteiger partial charge on any atom is 0.269 e. The lowest BCUT2D eigenvalue weighted by atomic mass is 10.1. The minimum Gasteiger partial charge on any atom is -0.340 e. The highest BCUT2D eigenvalue weighted by atomic mass is 79.9. The standard InChI is InChI=1S/C21H22BrN3O3S/c1-16(26)24-12-10-23(11-13-24)14-17-15-25(20-8-4-2-6-18(17)20)29(27,28)21-9-5-3-7-19(21)22/h2-9,15H,10-14H2,1H3. The first-order chi connectivity index (χ1) is 13.9. The summed E-state index contributed by atoms with van der Waals surface area (Å²) in [4.78, 5) is 15.9. The van der Waals surface area contributed by atoms with Crippen LogP contribution in [0, 0.1) is 0 Å². The van der Waals surface area contributed by atoms with Crippen LogP contribution in [0.1, 0.15) is 12.5 Å². The summed E-state index contributed by atoms with van der Waals surface area (Å²) in [7, 11) is -3.74. The lowest BCUT2D eigenvalue weighted by molar-refractivity contribution is -0.130. The molecule has 2 heterocycles. The van der Waals surface area contributed by atoms with Crippen LogP contribution in [0.3, 0.4) is 0 Å². The Kier molecular flexibility index (Phi) is 5.50. The molecule has 0 unspecified atom stereocenters. The summed E-state index contributed by atoms with van der Waals surface area (Å²) in [5.41, 5.74) is 1.63. The molecule has 0 N–H and O–H groups in total. The molecule has 1 fully saturated rings. The van der Waals surface area contributed by atoms with E-state index in [4.69, 9.17) is 0 Å². The monoisotopic (exact) mass is 475 g/mol. The van der Waals surface area contributed by atoms with E-state index in [0.717, 1.165) is 24.0 Å². The molecule has 1 aliphatic rings. The van der Waals surface area contributed by atoms with E-state index in [2.05, 4.69) is 20.8 Å². The molecular formula is C21H22BrN3O3S. The number of hydrogen-bond acceptors (Lipinski definition) is 4.